The summed E-state index contributed by atoms with van der Waals surface area (Å²) in [6, 6.07) is 5.93. The first-order chi connectivity index (χ1) is 11.9. The van der Waals surface area contributed by atoms with Crippen molar-refractivity contribution in [3.8, 4) is 5.75 Å². The molecule has 1 aliphatic rings. The van der Waals surface area contributed by atoms with Crippen LogP contribution < -0.4 is 20.5 Å². The van der Waals surface area contributed by atoms with Crippen LogP contribution >= 0.6 is 12.4 Å². The Morgan fingerprint density at radius 3 is 2.65 bits per heavy atom. The van der Waals surface area contributed by atoms with Crippen LogP contribution in [0.1, 0.15) is 29.0 Å². The van der Waals surface area contributed by atoms with E-state index in [0.29, 0.717) is 17.0 Å². The molecule has 0 radical (unpaired) electrons. The number of furan rings is 1. The van der Waals surface area contributed by atoms with Gasteiger partial charge in [0.05, 0.1) is 19.2 Å². The van der Waals surface area contributed by atoms with E-state index in [2.05, 4.69) is 10.0 Å². The number of rotatable bonds is 7. The van der Waals surface area contributed by atoms with Gasteiger partial charge in [-0.25, -0.2) is 13.1 Å². The summed E-state index contributed by atoms with van der Waals surface area (Å²) < 4.78 is 37.8. The summed E-state index contributed by atoms with van der Waals surface area (Å²) >= 11 is 0. The fourth-order valence-electron chi connectivity index (χ4n) is 2.26. The number of ether oxygens (including phenoxy) is 1. The van der Waals surface area contributed by atoms with E-state index in [1.54, 1.807) is 6.07 Å². The summed E-state index contributed by atoms with van der Waals surface area (Å²) in [6.45, 7) is 0.186. The van der Waals surface area contributed by atoms with Gasteiger partial charge in [0.1, 0.15) is 22.7 Å². The van der Waals surface area contributed by atoms with Crippen molar-refractivity contribution in [1.29, 1.82) is 0 Å². The Balaban J connectivity index is 0.00000243. The molecule has 0 unspecified atom stereocenters. The zero-order valence-electron chi connectivity index (χ0n) is 14.0. The third-order valence-corrected chi connectivity index (χ3v) is 5.27. The Labute approximate surface area is 157 Å². The highest BCUT2D eigenvalue weighted by Crippen LogP contribution is 2.30. The van der Waals surface area contributed by atoms with Crippen LogP contribution in [0.4, 0.5) is 5.69 Å². The normalized spacial score (nSPS) is 13.8. The number of carbonyl (C=O) groups excluding carboxylic acids is 1. The van der Waals surface area contributed by atoms with Crippen molar-refractivity contribution < 1.29 is 22.4 Å². The van der Waals surface area contributed by atoms with Crippen molar-refractivity contribution in [1.82, 2.24) is 4.72 Å². The molecular formula is C16H20ClN3O5S. The van der Waals surface area contributed by atoms with Crippen LogP contribution in [0.3, 0.4) is 0 Å². The maximum absolute atomic E-state index is 12.5. The number of methoxy groups -OCH3 is 1. The van der Waals surface area contributed by atoms with Gasteiger partial charge in [0.2, 0.25) is 10.0 Å². The van der Waals surface area contributed by atoms with E-state index < -0.39 is 15.9 Å². The summed E-state index contributed by atoms with van der Waals surface area (Å²) in [7, 11) is -2.33. The van der Waals surface area contributed by atoms with Crippen molar-refractivity contribution in [2.75, 3.05) is 12.4 Å². The van der Waals surface area contributed by atoms with Gasteiger partial charge >= 0.3 is 0 Å². The minimum Gasteiger partial charge on any atom is -0.495 e. The molecule has 4 N–H and O–H groups in total. The molecule has 142 valence electrons. The van der Waals surface area contributed by atoms with Crippen molar-refractivity contribution >= 4 is 34.0 Å². The van der Waals surface area contributed by atoms with Gasteiger partial charge in [-0.3, -0.25) is 4.79 Å². The molecule has 2 aromatic rings. The second kappa shape index (κ2) is 8.09. The van der Waals surface area contributed by atoms with Crippen LogP contribution in [-0.2, 0) is 16.6 Å². The average Bonchev–Trinajstić information content (AvgIpc) is 3.26. The molecule has 1 heterocycles. The van der Waals surface area contributed by atoms with Gasteiger partial charge in [0.25, 0.3) is 5.91 Å². The van der Waals surface area contributed by atoms with Crippen molar-refractivity contribution in [2.24, 2.45) is 5.73 Å². The second-order valence-corrected chi connectivity index (χ2v) is 7.40. The van der Waals surface area contributed by atoms with Crippen LogP contribution in [0.25, 0.3) is 0 Å². The fraction of sp³-hybridized carbons (Fsp3) is 0.312. The van der Waals surface area contributed by atoms with Crippen LogP contribution in [0, 0.1) is 0 Å². The average molecular weight is 402 g/mol. The van der Waals surface area contributed by atoms with E-state index in [-0.39, 0.29) is 35.6 Å². The first kappa shape index (κ1) is 20.2. The van der Waals surface area contributed by atoms with Gasteiger partial charge in [-0.1, -0.05) is 0 Å². The molecule has 0 spiro atoms. The number of nitrogens with two attached hydrogens (primary N) is 1. The molecule has 1 aromatic heterocycles. The van der Waals surface area contributed by atoms with Crippen molar-refractivity contribution in [3.63, 3.8) is 0 Å². The molecule has 1 saturated carbocycles. The lowest BCUT2D eigenvalue weighted by atomic mass is 10.2. The number of hydrogen-bond acceptors (Lipinski definition) is 6. The summed E-state index contributed by atoms with van der Waals surface area (Å²) in [5.74, 6) is 0.267. The minimum absolute atomic E-state index is 0. The largest absolute Gasteiger partial charge is 0.495 e. The Morgan fingerprint density at radius 1 is 1.35 bits per heavy atom. The highest BCUT2D eigenvalue weighted by Gasteiger charge is 2.30. The van der Waals surface area contributed by atoms with E-state index in [1.165, 1.54) is 31.6 Å². The lowest BCUT2D eigenvalue weighted by Gasteiger charge is -2.12. The van der Waals surface area contributed by atoms with Gasteiger partial charge in [0.15, 0.2) is 0 Å². The molecule has 1 aromatic carbocycles. The number of amides is 1. The van der Waals surface area contributed by atoms with E-state index >= 15 is 0 Å². The quantitative estimate of drug-likeness (QED) is 0.650. The van der Waals surface area contributed by atoms with Crippen LogP contribution in [-0.4, -0.2) is 27.5 Å². The van der Waals surface area contributed by atoms with Gasteiger partial charge in [-0.15, -0.1) is 12.4 Å². The molecule has 8 nitrogen and oxygen atoms in total. The number of carbonyl (C=O) groups is 1. The minimum atomic E-state index is -3.72. The molecule has 1 amide bonds. The predicted molar refractivity (Wildman–Crippen MR) is 98.1 cm³/mol. The monoisotopic (exact) mass is 401 g/mol. The summed E-state index contributed by atoms with van der Waals surface area (Å²) in [5, 5.41) is 2.64. The van der Waals surface area contributed by atoms with Gasteiger partial charge in [-0.2, -0.15) is 0 Å². The maximum Gasteiger partial charge on any atom is 0.258 e. The molecule has 1 fully saturated rings. The van der Waals surface area contributed by atoms with Crippen LogP contribution in [0.5, 0.6) is 5.75 Å². The first-order valence-corrected chi connectivity index (χ1v) is 9.20. The molecule has 0 saturated heterocycles. The lowest BCUT2D eigenvalue weighted by molar-refractivity contribution is 0.102. The standard InChI is InChI=1S/C16H19N3O5S.ClH/c1-23-14-5-4-12(7-15(14)25(21,22)19-11-2-3-11)18-16(20)10-6-13(8-17)24-9-10;/h4-7,9,11,19H,2-3,8,17H2,1H3,(H,18,20);1H. The van der Waals surface area contributed by atoms with Gasteiger partial charge in [-0.05, 0) is 37.1 Å². The third-order valence-electron chi connectivity index (χ3n) is 3.73. The lowest BCUT2D eigenvalue weighted by Crippen LogP contribution is -2.26. The molecule has 26 heavy (non-hydrogen) atoms. The smallest absolute Gasteiger partial charge is 0.258 e. The van der Waals surface area contributed by atoms with Gasteiger partial charge in [0, 0.05) is 11.7 Å². The van der Waals surface area contributed by atoms with Crippen LogP contribution in [0.2, 0.25) is 0 Å². The third kappa shape index (κ3) is 4.55. The second-order valence-electron chi connectivity index (χ2n) is 5.72. The highest BCUT2D eigenvalue weighted by molar-refractivity contribution is 7.89. The Bertz CT molecular complexity index is 893. The summed E-state index contributed by atoms with van der Waals surface area (Å²) in [5.41, 5.74) is 6.08. The number of benzene rings is 1. The molecule has 0 bridgehead atoms. The predicted octanol–water partition coefficient (Wildman–Crippen LogP) is 1.86. The van der Waals surface area contributed by atoms with Crippen molar-refractivity contribution in [2.45, 2.75) is 30.3 Å². The highest BCUT2D eigenvalue weighted by atomic mass is 35.5. The SMILES string of the molecule is COc1ccc(NC(=O)c2coc(CN)c2)cc1S(=O)(=O)NC1CC1.Cl. The Morgan fingerprint density at radius 2 is 2.08 bits per heavy atom. The van der Waals surface area contributed by atoms with E-state index in [9.17, 15) is 13.2 Å². The molecule has 10 heteroatoms. The number of halogens is 1. The zero-order valence-corrected chi connectivity index (χ0v) is 15.7. The van der Waals surface area contributed by atoms with Crippen molar-refractivity contribution in [3.05, 3.63) is 41.9 Å². The van der Waals surface area contributed by atoms with E-state index in [1.807, 2.05) is 0 Å². The molecule has 1 aliphatic carbocycles. The number of sulfonamides is 1. The Hall–Kier alpha value is -2.07. The summed E-state index contributed by atoms with van der Waals surface area (Å²) in [6.07, 6.45) is 2.94. The molecule has 0 aliphatic heterocycles. The van der Waals surface area contributed by atoms with E-state index in [0.717, 1.165) is 12.8 Å². The molecule has 3 rings (SSSR count). The van der Waals surface area contributed by atoms with E-state index in [4.69, 9.17) is 14.9 Å². The Kier molecular flexibility index (Phi) is 6.30. The molecule has 0 atom stereocenters. The number of anilines is 1. The first-order valence-electron chi connectivity index (χ1n) is 7.72. The zero-order chi connectivity index (χ0) is 18.0. The van der Waals surface area contributed by atoms with Crippen LogP contribution in [0.15, 0.2) is 39.8 Å². The number of hydrogen-bond donors (Lipinski definition) is 3. The summed E-state index contributed by atoms with van der Waals surface area (Å²) in [4.78, 5) is 12.2. The maximum atomic E-state index is 12.5. The number of nitrogens with one attached hydrogen (secondary N) is 2. The fourth-order valence-corrected chi connectivity index (χ4v) is 3.76. The molecular weight excluding hydrogens is 382 g/mol. The topological polar surface area (TPSA) is 124 Å². The van der Waals surface area contributed by atoms with Gasteiger partial charge < -0.3 is 20.2 Å².